The summed E-state index contributed by atoms with van der Waals surface area (Å²) < 4.78 is 23.2. The first-order chi connectivity index (χ1) is 12.3. The Balaban J connectivity index is 1.59. The molecule has 2 aromatic carbocycles. The van der Waals surface area contributed by atoms with Gasteiger partial charge < -0.3 is 5.32 Å². The summed E-state index contributed by atoms with van der Waals surface area (Å²) in [6.07, 6.45) is 1.75. The zero-order chi connectivity index (χ0) is 18.7. The van der Waals surface area contributed by atoms with Gasteiger partial charge >= 0.3 is 0 Å². The predicted molar refractivity (Wildman–Crippen MR) is 103 cm³/mol. The number of sulfone groups is 1. The molecular formula is C18H15N3O3S2. The first-order valence-corrected chi connectivity index (χ1v) is 10.6. The summed E-state index contributed by atoms with van der Waals surface area (Å²) in [5.74, 6) is 0.0290. The number of thioether (sulfide) groups is 1. The lowest BCUT2D eigenvalue weighted by Gasteiger charge is -2.05. The normalized spacial score (nSPS) is 12.8. The number of nitrogens with one attached hydrogen (secondary N) is 1. The van der Waals surface area contributed by atoms with E-state index in [0.717, 1.165) is 16.9 Å². The van der Waals surface area contributed by atoms with Crippen LogP contribution in [0.4, 0.5) is 11.4 Å². The number of carbonyl (C=O) groups is 1. The van der Waals surface area contributed by atoms with E-state index >= 15 is 0 Å². The van der Waals surface area contributed by atoms with Crippen LogP contribution in [0.15, 0.2) is 52.4 Å². The Morgan fingerprint density at radius 2 is 2.00 bits per heavy atom. The lowest BCUT2D eigenvalue weighted by Crippen LogP contribution is -2.15. The van der Waals surface area contributed by atoms with Crippen molar-refractivity contribution in [3.8, 4) is 6.07 Å². The van der Waals surface area contributed by atoms with Crippen molar-refractivity contribution in [2.75, 3.05) is 17.3 Å². The maximum atomic E-state index is 12.1. The number of nitriles is 1. The van der Waals surface area contributed by atoms with Gasteiger partial charge in [0.15, 0.2) is 9.84 Å². The average Bonchev–Trinajstić information content (AvgIpc) is 3.02. The van der Waals surface area contributed by atoms with E-state index in [9.17, 15) is 13.2 Å². The highest BCUT2D eigenvalue weighted by molar-refractivity contribution is 8.14. The Morgan fingerprint density at radius 1 is 1.27 bits per heavy atom. The molecule has 3 rings (SSSR count). The van der Waals surface area contributed by atoms with E-state index in [4.69, 9.17) is 5.26 Å². The first kappa shape index (κ1) is 18.2. The number of hydrogen-bond acceptors (Lipinski definition) is 6. The van der Waals surface area contributed by atoms with Gasteiger partial charge in [-0.3, -0.25) is 4.79 Å². The lowest BCUT2D eigenvalue weighted by atomic mass is 10.2. The van der Waals surface area contributed by atoms with E-state index in [-0.39, 0.29) is 16.6 Å². The molecule has 0 atom stereocenters. The van der Waals surface area contributed by atoms with Gasteiger partial charge in [-0.1, -0.05) is 6.07 Å². The van der Waals surface area contributed by atoms with E-state index in [1.807, 2.05) is 6.07 Å². The van der Waals surface area contributed by atoms with Crippen LogP contribution in [0, 0.1) is 11.3 Å². The average molecular weight is 385 g/mol. The van der Waals surface area contributed by atoms with Gasteiger partial charge in [0, 0.05) is 18.4 Å². The molecule has 1 heterocycles. The number of carbonyl (C=O) groups excluding carboxylic acids is 1. The van der Waals surface area contributed by atoms with Crippen LogP contribution in [-0.4, -0.2) is 31.4 Å². The number of nitrogens with zero attached hydrogens (tertiary/aromatic N) is 2. The number of anilines is 1. The van der Waals surface area contributed by atoms with Crippen molar-refractivity contribution in [3.63, 3.8) is 0 Å². The van der Waals surface area contributed by atoms with E-state index < -0.39 is 9.84 Å². The smallest absolute Gasteiger partial charge is 0.234 e. The second-order valence-electron chi connectivity index (χ2n) is 5.77. The van der Waals surface area contributed by atoms with Crippen molar-refractivity contribution < 1.29 is 13.2 Å². The molecule has 0 unspecified atom stereocenters. The van der Waals surface area contributed by atoms with Crippen LogP contribution < -0.4 is 5.32 Å². The van der Waals surface area contributed by atoms with Crippen molar-refractivity contribution in [1.29, 1.82) is 5.26 Å². The molecule has 0 aromatic heterocycles. The topological polar surface area (TPSA) is 99.4 Å². The molecule has 0 radical (unpaired) electrons. The van der Waals surface area contributed by atoms with Gasteiger partial charge in [-0.2, -0.15) is 5.26 Å². The summed E-state index contributed by atoms with van der Waals surface area (Å²) in [5.41, 5.74) is 2.75. The van der Waals surface area contributed by atoms with E-state index in [1.165, 1.54) is 11.8 Å². The minimum Gasteiger partial charge on any atom is -0.325 e. The van der Waals surface area contributed by atoms with Gasteiger partial charge in [-0.15, -0.1) is 11.8 Å². The largest absolute Gasteiger partial charge is 0.325 e. The predicted octanol–water partition coefficient (Wildman–Crippen LogP) is 2.92. The molecule has 2 aromatic rings. The third kappa shape index (κ3) is 4.31. The van der Waals surface area contributed by atoms with E-state index in [2.05, 4.69) is 10.3 Å². The molecule has 6 nitrogen and oxygen atoms in total. The second kappa shape index (κ2) is 7.32. The highest BCUT2D eigenvalue weighted by atomic mass is 32.2. The molecule has 1 N–H and O–H groups in total. The fourth-order valence-corrected chi connectivity index (χ4v) is 3.85. The molecule has 1 aliphatic rings. The van der Waals surface area contributed by atoms with Gasteiger partial charge in [0.05, 0.1) is 33.0 Å². The molecule has 26 heavy (non-hydrogen) atoms. The molecule has 0 bridgehead atoms. The van der Waals surface area contributed by atoms with Crippen LogP contribution in [0.3, 0.4) is 0 Å². The van der Waals surface area contributed by atoms with Crippen LogP contribution in [0.5, 0.6) is 0 Å². The number of aliphatic imine (C=N–C) groups is 1. The van der Waals surface area contributed by atoms with Crippen molar-refractivity contribution >= 4 is 43.9 Å². The Morgan fingerprint density at radius 3 is 2.65 bits per heavy atom. The minimum absolute atomic E-state index is 0.171. The Hall–Kier alpha value is -2.63. The molecule has 132 valence electrons. The number of amides is 1. The summed E-state index contributed by atoms with van der Waals surface area (Å²) in [7, 11) is -3.27. The maximum Gasteiger partial charge on any atom is 0.234 e. The third-order valence-corrected chi connectivity index (χ3v) is 5.82. The Kier molecular flexibility index (Phi) is 5.11. The van der Waals surface area contributed by atoms with Crippen LogP contribution in [0.1, 0.15) is 11.1 Å². The van der Waals surface area contributed by atoms with Crippen molar-refractivity contribution in [3.05, 3.63) is 53.6 Å². The number of rotatable bonds is 4. The highest BCUT2D eigenvalue weighted by Gasteiger charge is 2.18. The van der Waals surface area contributed by atoms with Crippen molar-refractivity contribution in [2.45, 2.75) is 11.3 Å². The highest BCUT2D eigenvalue weighted by Crippen LogP contribution is 2.32. The Bertz CT molecular complexity index is 1040. The summed E-state index contributed by atoms with van der Waals surface area (Å²) in [6.45, 7) is 0. The molecule has 0 saturated carbocycles. The molecule has 1 aliphatic heterocycles. The van der Waals surface area contributed by atoms with Gasteiger partial charge in [0.2, 0.25) is 5.91 Å². The zero-order valence-electron chi connectivity index (χ0n) is 13.9. The van der Waals surface area contributed by atoms with Gasteiger partial charge in [0.1, 0.15) is 0 Å². The Labute approximate surface area is 155 Å². The molecule has 1 amide bonds. The zero-order valence-corrected chi connectivity index (χ0v) is 15.5. The molecular weight excluding hydrogens is 370 g/mol. The van der Waals surface area contributed by atoms with E-state index in [1.54, 1.807) is 42.5 Å². The van der Waals surface area contributed by atoms with Crippen LogP contribution in [0.2, 0.25) is 0 Å². The van der Waals surface area contributed by atoms with Crippen LogP contribution in [-0.2, 0) is 21.1 Å². The monoisotopic (exact) mass is 385 g/mol. The summed E-state index contributed by atoms with van der Waals surface area (Å²) in [5, 5.41) is 12.3. The fraction of sp³-hybridized carbons (Fsp3) is 0.167. The minimum atomic E-state index is -3.27. The number of fused-ring (bicyclic) bond motifs is 1. The second-order valence-corrected chi connectivity index (χ2v) is 8.84. The molecule has 0 aliphatic carbocycles. The van der Waals surface area contributed by atoms with Crippen molar-refractivity contribution in [2.24, 2.45) is 4.99 Å². The van der Waals surface area contributed by atoms with Crippen molar-refractivity contribution in [1.82, 2.24) is 0 Å². The number of hydrogen-bond donors (Lipinski definition) is 1. The molecule has 0 saturated heterocycles. The molecule has 0 spiro atoms. The third-order valence-electron chi connectivity index (χ3n) is 3.74. The van der Waals surface area contributed by atoms with E-state index in [0.29, 0.717) is 23.4 Å². The van der Waals surface area contributed by atoms with Gasteiger partial charge in [-0.25, -0.2) is 13.4 Å². The molecule has 8 heteroatoms. The standard InChI is InChI=1S/C18H15N3O3S2/c1-26(23,24)15-7-4-13-8-18(21-16(13)9-15)25-11-17(22)20-14-5-2-12(10-19)3-6-14/h2-7,9H,8,11H2,1H3,(H,20,22). The first-order valence-electron chi connectivity index (χ1n) is 7.68. The fourth-order valence-electron chi connectivity index (χ4n) is 2.42. The maximum absolute atomic E-state index is 12.1. The van der Waals surface area contributed by atoms with Gasteiger partial charge in [-0.05, 0) is 42.0 Å². The summed E-state index contributed by atoms with van der Waals surface area (Å²) >= 11 is 1.33. The molecule has 0 fully saturated rings. The lowest BCUT2D eigenvalue weighted by molar-refractivity contribution is -0.113. The van der Waals surface area contributed by atoms with Crippen LogP contribution >= 0.6 is 11.8 Å². The van der Waals surface area contributed by atoms with Gasteiger partial charge in [0.25, 0.3) is 0 Å². The number of benzene rings is 2. The quantitative estimate of drug-likeness (QED) is 0.872. The SMILES string of the molecule is CS(=O)(=O)c1ccc2c(c1)N=C(SCC(=O)Nc1ccc(C#N)cc1)C2. The summed E-state index contributed by atoms with van der Waals surface area (Å²) in [6, 6.07) is 13.6. The van der Waals surface area contributed by atoms with Crippen LogP contribution in [0.25, 0.3) is 0 Å². The summed E-state index contributed by atoms with van der Waals surface area (Å²) in [4.78, 5) is 16.7.